The van der Waals surface area contributed by atoms with E-state index in [1.165, 1.54) is 67.1 Å². The van der Waals surface area contributed by atoms with E-state index in [1.807, 2.05) is 0 Å². The number of hydrogen-bond donors (Lipinski definition) is 1. The number of thioether (sulfide) groups is 2. The predicted molar refractivity (Wildman–Crippen MR) is 121 cm³/mol. The van der Waals surface area contributed by atoms with E-state index in [0.717, 1.165) is 5.75 Å². The lowest BCUT2D eigenvalue weighted by Crippen LogP contribution is -2.31. The molecule has 0 amide bonds. The highest BCUT2D eigenvalue weighted by atomic mass is 32.2. The van der Waals surface area contributed by atoms with E-state index in [9.17, 15) is 0 Å². The molecule has 0 unspecified atom stereocenters. The Kier molecular flexibility index (Phi) is 16.2. The summed E-state index contributed by atoms with van der Waals surface area (Å²) in [5.41, 5.74) is 0. The van der Waals surface area contributed by atoms with Gasteiger partial charge in [-0.15, -0.1) is 0 Å². The molecule has 0 fully saturated rings. The summed E-state index contributed by atoms with van der Waals surface area (Å²) in [6, 6.07) is 4.52. The Morgan fingerprint density at radius 2 is 1.22 bits per heavy atom. The lowest BCUT2D eigenvalue weighted by molar-refractivity contribution is 0.437. The number of rotatable bonds is 16. The molecule has 0 atom stereocenters. The van der Waals surface area contributed by atoms with Crippen LogP contribution in [-0.2, 0) is 0 Å². The van der Waals surface area contributed by atoms with Gasteiger partial charge in [-0.2, -0.15) is 36.2 Å². The Morgan fingerprint density at radius 1 is 0.739 bits per heavy atom. The molecule has 0 aromatic carbocycles. The van der Waals surface area contributed by atoms with Crippen molar-refractivity contribution in [2.24, 2.45) is 0 Å². The fourth-order valence-corrected chi connectivity index (χ4v) is 10.9. The summed E-state index contributed by atoms with van der Waals surface area (Å²) in [5, 5.41) is 0. The molecule has 0 aliphatic heterocycles. The third-order valence-electron chi connectivity index (χ3n) is 4.25. The van der Waals surface area contributed by atoms with Crippen molar-refractivity contribution in [2.45, 2.75) is 37.5 Å². The summed E-state index contributed by atoms with van der Waals surface area (Å²) < 4.78 is 0. The summed E-state index contributed by atoms with van der Waals surface area (Å²) in [7, 11) is 7.63. The number of thiol groups is 1. The predicted octanol–water partition coefficient (Wildman–Crippen LogP) is 4.36. The molecular weight excluding hydrogens is 356 g/mol. The fraction of sp³-hybridized carbons (Fsp3) is 1.00. The Hall–Kier alpha value is 1.19. The van der Waals surface area contributed by atoms with Gasteiger partial charge in [0.2, 0.25) is 0 Å². The van der Waals surface area contributed by atoms with Crippen molar-refractivity contribution in [1.29, 1.82) is 0 Å². The molecule has 0 aromatic rings. The second kappa shape index (κ2) is 15.4. The maximum Gasteiger partial charge on any atom is 0.0521 e. The first kappa shape index (κ1) is 24.2. The number of unbranched alkanes of at least 4 members (excludes halogenated alkanes) is 1. The largest absolute Gasteiger partial charge is 0.309 e. The standard InChI is InChI=1S/C17H40N2S3Si/c1-18(2)8-11-21-13-16-23(5,15-7-6-10-20)17-14-22-12-9-19(3)4/h20H,6-17H2,1-5H3. The van der Waals surface area contributed by atoms with Gasteiger partial charge in [0.15, 0.2) is 0 Å². The monoisotopic (exact) mass is 396 g/mol. The Morgan fingerprint density at radius 3 is 1.61 bits per heavy atom. The van der Waals surface area contributed by atoms with E-state index >= 15 is 0 Å². The van der Waals surface area contributed by atoms with Crippen molar-refractivity contribution in [3.63, 3.8) is 0 Å². The molecule has 0 heterocycles. The maximum atomic E-state index is 4.38. The van der Waals surface area contributed by atoms with E-state index in [1.54, 1.807) is 0 Å². The Bertz CT molecular complexity index is 248. The van der Waals surface area contributed by atoms with Gasteiger partial charge in [-0.25, -0.2) is 0 Å². The zero-order chi connectivity index (χ0) is 17.6. The van der Waals surface area contributed by atoms with Crippen molar-refractivity contribution < 1.29 is 0 Å². The number of hydrogen-bond acceptors (Lipinski definition) is 5. The SMILES string of the molecule is CN(C)CCSCC[Si](C)(CCCCS)CCSCCN(C)C. The highest BCUT2D eigenvalue weighted by Crippen LogP contribution is 2.27. The van der Waals surface area contributed by atoms with Gasteiger partial charge in [-0.3, -0.25) is 0 Å². The van der Waals surface area contributed by atoms with E-state index in [4.69, 9.17) is 0 Å². The van der Waals surface area contributed by atoms with Gasteiger partial charge in [-0.05, 0) is 64.0 Å². The summed E-state index contributed by atoms with van der Waals surface area (Å²) >= 11 is 8.70. The lowest BCUT2D eigenvalue weighted by atomic mass is 10.4. The molecular formula is C17H40N2S3Si. The van der Waals surface area contributed by atoms with Crippen LogP contribution in [0.3, 0.4) is 0 Å². The van der Waals surface area contributed by atoms with Crippen LogP contribution in [0.2, 0.25) is 24.7 Å². The van der Waals surface area contributed by atoms with Crippen LogP contribution in [0.5, 0.6) is 0 Å². The molecule has 0 N–H and O–H groups in total. The summed E-state index contributed by atoms with van der Waals surface area (Å²) in [6.45, 7) is 5.08. The first-order valence-corrected chi connectivity index (χ1v) is 15.0. The topological polar surface area (TPSA) is 6.48 Å². The van der Waals surface area contributed by atoms with Crippen molar-refractivity contribution in [3.05, 3.63) is 0 Å². The molecule has 0 aliphatic rings. The zero-order valence-corrected chi connectivity index (χ0v) is 19.7. The molecule has 0 bridgehead atoms. The van der Waals surface area contributed by atoms with Crippen LogP contribution < -0.4 is 0 Å². The molecule has 0 spiro atoms. The van der Waals surface area contributed by atoms with Crippen LogP contribution in [0.1, 0.15) is 12.8 Å². The highest BCUT2D eigenvalue weighted by molar-refractivity contribution is 7.99. The normalized spacial score (nSPS) is 12.5. The molecule has 0 radical (unpaired) electrons. The van der Waals surface area contributed by atoms with Gasteiger partial charge in [0, 0.05) is 24.6 Å². The third kappa shape index (κ3) is 16.4. The first-order chi connectivity index (χ1) is 10.9. The quantitative estimate of drug-likeness (QED) is 0.235. The van der Waals surface area contributed by atoms with Crippen LogP contribution in [0.4, 0.5) is 0 Å². The van der Waals surface area contributed by atoms with Gasteiger partial charge < -0.3 is 9.80 Å². The molecule has 140 valence electrons. The molecule has 0 aromatic heterocycles. The average Bonchev–Trinajstić information content (AvgIpc) is 2.46. The van der Waals surface area contributed by atoms with Crippen LogP contribution >= 0.6 is 36.2 Å². The minimum Gasteiger partial charge on any atom is -0.309 e. The van der Waals surface area contributed by atoms with E-state index < -0.39 is 8.07 Å². The van der Waals surface area contributed by atoms with Gasteiger partial charge in [0.1, 0.15) is 0 Å². The molecule has 23 heavy (non-hydrogen) atoms. The summed E-state index contributed by atoms with van der Waals surface area (Å²) in [5.74, 6) is 6.37. The second-order valence-electron chi connectivity index (χ2n) is 7.32. The number of nitrogens with zero attached hydrogens (tertiary/aromatic N) is 2. The van der Waals surface area contributed by atoms with Gasteiger partial charge >= 0.3 is 0 Å². The van der Waals surface area contributed by atoms with Crippen LogP contribution in [0.25, 0.3) is 0 Å². The first-order valence-electron chi connectivity index (χ1n) is 8.95. The van der Waals surface area contributed by atoms with E-state index in [2.05, 4.69) is 80.7 Å². The molecule has 0 saturated carbocycles. The fourth-order valence-electron chi connectivity index (χ4n) is 2.37. The molecule has 0 aliphatic carbocycles. The summed E-state index contributed by atoms with van der Waals surface area (Å²) in [6.07, 6.45) is 2.70. The minimum absolute atomic E-state index is 1.04. The Balaban J connectivity index is 4.02. The van der Waals surface area contributed by atoms with Crippen molar-refractivity contribution >= 4 is 44.2 Å². The van der Waals surface area contributed by atoms with Crippen LogP contribution in [0, 0.1) is 0 Å². The van der Waals surface area contributed by atoms with E-state index in [0.29, 0.717) is 0 Å². The van der Waals surface area contributed by atoms with Crippen LogP contribution in [0.15, 0.2) is 0 Å². The molecule has 0 rings (SSSR count). The maximum absolute atomic E-state index is 4.38. The Labute approximate surface area is 161 Å². The smallest absolute Gasteiger partial charge is 0.0521 e. The second-order valence-corrected chi connectivity index (χ2v) is 15.3. The highest BCUT2D eigenvalue weighted by Gasteiger charge is 2.25. The lowest BCUT2D eigenvalue weighted by Gasteiger charge is -2.27. The molecule has 6 heteroatoms. The third-order valence-corrected chi connectivity index (χ3v) is 11.7. The minimum atomic E-state index is -1.04. The van der Waals surface area contributed by atoms with Gasteiger partial charge in [0.25, 0.3) is 0 Å². The van der Waals surface area contributed by atoms with Crippen molar-refractivity contribution in [1.82, 2.24) is 9.80 Å². The zero-order valence-electron chi connectivity index (χ0n) is 16.1. The van der Waals surface area contributed by atoms with E-state index in [-0.39, 0.29) is 0 Å². The van der Waals surface area contributed by atoms with Crippen molar-refractivity contribution in [3.8, 4) is 0 Å². The van der Waals surface area contributed by atoms with Gasteiger partial charge in [0.05, 0.1) is 8.07 Å². The van der Waals surface area contributed by atoms with Gasteiger partial charge in [-0.1, -0.05) is 19.0 Å². The average molecular weight is 397 g/mol. The van der Waals surface area contributed by atoms with Crippen LogP contribution in [-0.4, -0.2) is 87.9 Å². The molecule has 0 saturated heterocycles. The van der Waals surface area contributed by atoms with Crippen molar-refractivity contribution in [2.75, 3.05) is 70.0 Å². The molecule has 2 nitrogen and oxygen atoms in total. The summed E-state index contributed by atoms with van der Waals surface area (Å²) in [4.78, 5) is 4.58.